The predicted octanol–water partition coefficient (Wildman–Crippen LogP) is 3.32. The summed E-state index contributed by atoms with van der Waals surface area (Å²) in [5.41, 5.74) is 8.31. The van der Waals surface area contributed by atoms with Gasteiger partial charge in [0, 0.05) is 43.6 Å². The number of pyridine rings is 1. The van der Waals surface area contributed by atoms with Gasteiger partial charge in [0.25, 0.3) is 0 Å². The molecule has 3 fully saturated rings. The molecule has 1 aromatic heterocycles. The van der Waals surface area contributed by atoms with Crippen LogP contribution >= 0.6 is 0 Å². The van der Waals surface area contributed by atoms with Crippen molar-refractivity contribution in [3.63, 3.8) is 0 Å². The van der Waals surface area contributed by atoms with Gasteiger partial charge in [-0.2, -0.15) is 0 Å². The zero-order chi connectivity index (χ0) is 21.5. The third kappa shape index (κ3) is 3.58. The molecule has 0 bridgehead atoms. The second-order valence-electron chi connectivity index (χ2n) is 9.37. The zero-order valence-corrected chi connectivity index (χ0v) is 18.0. The maximum atomic E-state index is 13.5. The van der Waals surface area contributed by atoms with E-state index in [1.807, 2.05) is 6.07 Å². The van der Waals surface area contributed by atoms with Gasteiger partial charge in [-0.15, -0.1) is 0 Å². The average Bonchev–Trinajstić information content (AvgIpc) is 3.50. The molecule has 2 N–H and O–H groups in total. The molecule has 0 radical (unpaired) electrons. The van der Waals surface area contributed by atoms with Gasteiger partial charge in [0.05, 0.1) is 11.6 Å². The van der Waals surface area contributed by atoms with Crippen LogP contribution in [0.15, 0.2) is 42.6 Å². The van der Waals surface area contributed by atoms with Gasteiger partial charge in [-0.25, -0.2) is 4.98 Å². The number of benzene rings is 1. The van der Waals surface area contributed by atoms with E-state index in [1.165, 1.54) is 24.0 Å². The Morgan fingerprint density at radius 1 is 1.03 bits per heavy atom. The number of carbonyl (C=O) groups excluding carboxylic acids is 2. The van der Waals surface area contributed by atoms with Gasteiger partial charge in [-0.1, -0.05) is 37.1 Å². The van der Waals surface area contributed by atoms with Gasteiger partial charge in [0.2, 0.25) is 11.8 Å². The van der Waals surface area contributed by atoms with E-state index in [9.17, 15) is 9.59 Å². The number of hydrogen-bond acceptors (Lipinski definition) is 4. The number of carbonyl (C=O) groups is 2. The molecule has 2 aliphatic heterocycles. The average molecular weight is 419 g/mol. The number of nitrogens with two attached hydrogens (primary N) is 1. The van der Waals surface area contributed by atoms with Gasteiger partial charge in [-0.05, 0) is 43.0 Å². The van der Waals surface area contributed by atoms with Crippen LogP contribution in [0.25, 0.3) is 0 Å². The molecular weight excluding hydrogens is 388 g/mol. The Balaban J connectivity index is 1.42. The van der Waals surface area contributed by atoms with Crippen LogP contribution in [-0.4, -0.2) is 41.3 Å². The Hall–Kier alpha value is -2.89. The number of primary amides is 1. The Morgan fingerprint density at radius 2 is 1.81 bits per heavy atom. The van der Waals surface area contributed by atoms with Crippen molar-refractivity contribution in [1.82, 2.24) is 9.88 Å². The summed E-state index contributed by atoms with van der Waals surface area (Å²) < 4.78 is 0. The SMILES string of the molecule is Cc1ccccc1[C@@H]1[C@H]2CN(c3ccc(C(N)=O)cn3)C[C@H]2CN1C(=O)C1CCCC1. The molecule has 0 spiro atoms. The van der Waals surface area contributed by atoms with Crippen molar-refractivity contribution >= 4 is 17.6 Å². The Bertz CT molecular complexity index is 983. The van der Waals surface area contributed by atoms with Crippen molar-refractivity contribution in [2.24, 2.45) is 23.5 Å². The van der Waals surface area contributed by atoms with Crippen LogP contribution in [-0.2, 0) is 4.79 Å². The van der Waals surface area contributed by atoms with E-state index in [2.05, 4.69) is 46.0 Å². The van der Waals surface area contributed by atoms with Crippen molar-refractivity contribution < 1.29 is 9.59 Å². The second-order valence-corrected chi connectivity index (χ2v) is 9.37. The molecule has 3 aliphatic rings. The van der Waals surface area contributed by atoms with Gasteiger partial charge < -0.3 is 15.5 Å². The molecule has 3 atom stereocenters. The summed E-state index contributed by atoms with van der Waals surface area (Å²) in [5.74, 6) is 1.77. The lowest BCUT2D eigenvalue weighted by Gasteiger charge is -2.32. The monoisotopic (exact) mass is 418 g/mol. The maximum absolute atomic E-state index is 13.5. The number of nitrogens with zero attached hydrogens (tertiary/aromatic N) is 3. The molecular formula is C25H30N4O2. The van der Waals surface area contributed by atoms with E-state index in [0.29, 0.717) is 23.3 Å². The minimum atomic E-state index is -0.460. The predicted molar refractivity (Wildman–Crippen MR) is 120 cm³/mol. The molecule has 1 aliphatic carbocycles. The molecule has 5 rings (SSSR count). The van der Waals surface area contributed by atoms with Gasteiger partial charge in [0.1, 0.15) is 5.82 Å². The molecule has 1 saturated carbocycles. The lowest BCUT2D eigenvalue weighted by atomic mass is 9.87. The number of amides is 2. The first-order valence-corrected chi connectivity index (χ1v) is 11.4. The number of rotatable bonds is 4. The molecule has 1 aromatic carbocycles. The number of anilines is 1. The Kier molecular flexibility index (Phi) is 5.16. The minimum Gasteiger partial charge on any atom is -0.366 e. The highest BCUT2D eigenvalue weighted by atomic mass is 16.2. The van der Waals surface area contributed by atoms with Crippen molar-refractivity contribution in [3.8, 4) is 0 Å². The summed E-state index contributed by atoms with van der Waals surface area (Å²) in [6, 6.07) is 12.2. The van der Waals surface area contributed by atoms with Crippen LogP contribution in [0.2, 0.25) is 0 Å². The van der Waals surface area contributed by atoms with Crippen molar-refractivity contribution in [2.45, 2.75) is 38.6 Å². The number of aryl methyl sites for hydroxylation is 1. The molecule has 6 nitrogen and oxygen atoms in total. The largest absolute Gasteiger partial charge is 0.366 e. The molecule has 162 valence electrons. The standard InChI is InChI=1S/C25H30N4O2/c1-16-6-2-5-9-20(16)23-21-15-28(22-11-10-18(12-27-22)24(26)30)13-19(21)14-29(23)25(31)17-7-3-4-8-17/h2,5-6,9-12,17,19,21,23H,3-4,7-8,13-15H2,1H3,(H2,26,30)/t19-,21-,23+/m0/s1. The molecule has 0 unspecified atom stereocenters. The van der Waals surface area contributed by atoms with E-state index >= 15 is 0 Å². The first-order valence-electron chi connectivity index (χ1n) is 11.4. The second kappa shape index (κ2) is 7.98. The normalized spacial score (nSPS) is 25.8. The highest BCUT2D eigenvalue weighted by Crippen LogP contribution is 2.47. The number of hydrogen-bond donors (Lipinski definition) is 1. The first-order chi connectivity index (χ1) is 15.0. The maximum Gasteiger partial charge on any atom is 0.250 e. The summed E-state index contributed by atoms with van der Waals surface area (Å²) >= 11 is 0. The molecule has 3 heterocycles. The van der Waals surface area contributed by atoms with Gasteiger partial charge in [-0.3, -0.25) is 9.59 Å². The fraction of sp³-hybridized carbons (Fsp3) is 0.480. The number of aromatic nitrogens is 1. The van der Waals surface area contributed by atoms with Crippen LogP contribution in [0.5, 0.6) is 0 Å². The van der Waals surface area contributed by atoms with Crippen molar-refractivity contribution in [3.05, 3.63) is 59.3 Å². The molecule has 2 amide bonds. The number of likely N-dealkylation sites (tertiary alicyclic amines) is 1. The summed E-state index contributed by atoms with van der Waals surface area (Å²) in [6.45, 7) is 4.71. The quantitative estimate of drug-likeness (QED) is 0.826. The lowest BCUT2D eigenvalue weighted by Crippen LogP contribution is -2.39. The summed E-state index contributed by atoms with van der Waals surface area (Å²) in [6.07, 6.45) is 5.97. The van der Waals surface area contributed by atoms with Gasteiger partial charge >= 0.3 is 0 Å². The van der Waals surface area contributed by atoms with E-state index in [0.717, 1.165) is 38.3 Å². The van der Waals surface area contributed by atoms with Gasteiger partial charge in [0.15, 0.2) is 0 Å². The van der Waals surface area contributed by atoms with E-state index in [-0.39, 0.29) is 12.0 Å². The lowest BCUT2D eigenvalue weighted by molar-refractivity contribution is -0.136. The zero-order valence-electron chi connectivity index (χ0n) is 18.0. The first kappa shape index (κ1) is 20.0. The third-order valence-electron chi connectivity index (χ3n) is 7.52. The summed E-state index contributed by atoms with van der Waals surface area (Å²) in [7, 11) is 0. The highest BCUT2D eigenvalue weighted by Gasteiger charge is 2.50. The van der Waals surface area contributed by atoms with Crippen LogP contribution in [0.3, 0.4) is 0 Å². The smallest absolute Gasteiger partial charge is 0.250 e. The van der Waals surface area contributed by atoms with Crippen LogP contribution in [0, 0.1) is 24.7 Å². The van der Waals surface area contributed by atoms with Crippen LogP contribution in [0.4, 0.5) is 5.82 Å². The molecule has 2 saturated heterocycles. The molecule has 31 heavy (non-hydrogen) atoms. The highest BCUT2D eigenvalue weighted by molar-refractivity contribution is 5.92. The Labute approximate surface area is 183 Å². The Morgan fingerprint density at radius 3 is 2.48 bits per heavy atom. The third-order valence-corrected chi connectivity index (χ3v) is 7.52. The van der Waals surface area contributed by atoms with E-state index in [4.69, 9.17) is 5.73 Å². The minimum absolute atomic E-state index is 0.120. The molecule has 2 aromatic rings. The van der Waals surface area contributed by atoms with Crippen molar-refractivity contribution in [1.29, 1.82) is 0 Å². The topological polar surface area (TPSA) is 79.5 Å². The summed E-state index contributed by atoms with van der Waals surface area (Å²) in [4.78, 5) is 33.8. The fourth-order valence-electron chi connectivity index (χ4n) is 5.90. The van der Waals surface area contributed by atoms with Crippen LogP contribution in [0.1, 0.15) is 53.2 Å². The van der Waals surface area contributed by atoms with Crippen LogP contribution < -0.4 is 10.6 Å². The molecule has 6 heteroatoms. The van der Waals surface area contributed by atoms with Crippen molar-refractivity contribution in [2.75, 3.05) is 24.5 Å². The fourth-order valence-corrected chi connectivity index (χ4v) is 5.90. The van der Waals surface area contributed by atoms with E-state index < -0.39 is 5.91 Å². The summed E-state index contributed by atoms with van der Waals surface area (Å²) in [5, 5.41) is 0. The van der Waals surface area contributed by atoms with E-state index in [1.54, 1.807) is 12.3 Å². The number of fused-ring (bicyclic) bond motifs is 1.